The van der Waals surface area contributed by atoms with Crippen LogP contribution in [0.25, 0.3) is 49.7 Å². The molecular weight excluding hydrogens is 715 g/mol. The second-order valence-corrected chi connectivity index (χ2v) is 17.3. The summed E-state index contributed by atoms with van der Waals surface area (Å²) >= 11 is -0.0959. The number of benzene rings is 7. The van der Waals surface area contributed by atoms with Gasteiger partial charge in [0.1, 0.15) is 0 Å². The number of halogens is 1. The Morgan fingerprint density at radius 1 is 0.480 bits per heavy atom. The maximum absolute atomic E-state index is 2.52. The molecule has 0 radical (unpaired) electrons. The van der Waals surface area contributed by atoms with Crippen LogP contribution in [0.5, 0.6) is 0 Å². The van der Waals surface area contributed by atoms with E-state index in [0.29, 0.717) is 0 Å². The standard InChI is InChI=1S/C49H37I/c1-30-23-25-35(34-14-6-5-13-32(30)34)39-17-11-18-40-46-42(48(2,3)47(39)40)20-12-21-43(46)49(4)41-19-9-7-15-36(41)37-26-24-31(29-44(37)49)33-27-28-50-45-22-10-8-16-38(33)45/h5-29H,1-4H3. The second-order valence-electron chi connectivity index (χ2n) is 14.8. The molecule has 0 spiro atoms. The number of hydrogen-bond donors (Lipinski definition) is 0. The molecule has 50 heavy (non-hydrogen) atoms. The zero-order chi connectivity index (χ0) is 33.8. The fraction of sp³-hybridized carbons (Fsp3) is 0.122. The molecule has 0 saturated carbocycles. The van der Waals surface area contributed by atoms with Gasteiger partial charge in [-0.05, 0) is 130 Å². The van der Waals surface area contributed by atoms with Gasteiger partial charge in [-0.2, -0.15) is 0 Å². The maximum Gasteiger partial charge on any atom is 0.0442 e. The van der Waals surface area contributed by atoms with Gasteiger partial charge in [-0.15, -0.1) is 0 Å². The van der Waals surface area contributed by atoms with Crippen LogP contribution in [0.1, 0.15) is 65.3 Å². The quantitative estimate of drug-likeness (QED) is 0.158. The summed E-state index contributed by atoms with van der Waals surface area (Å²) in [5.41, 5.74) is 20.0. The van der Waals surface area contributed by atoms with Crippen molar-refractivity contribution >= 4 is 41.1 Å². The molecule has 7 aromatic carbocycles. The molecule has 2 aliphatic carbocycles. The van der Waals surface area contributed by atoms with Crippen LogP contribution in [0.4, 0.5) is 0 Å². The summed E-state index contributed by atoms with van der Waals surface area (Å²) in [5.74, 6) is 0. The number of hydrogen-bond acceptors (Lipinski definition) is 0. The smallest absolute Gasteiger partial charge is 0.0442 e. The highest BCUT2D eigenvalue weighted by atomic mass is 127. The van der Waals surface area contributed by atoms with Crippen LogP contribution in [-0.2, 0) is 10.8 Å². The molecule has 10 rings (SSSR count). The van der Waals surface area contributed by atoms with Gasteiger partial charge in [0.05, 0.1) is 0 Å². The van der Waals surface area contributed by atoms with Crippen LogP contribution in [0, 0.1) is 10.5 Å². The number of fused-ring (bicyclic) bond motifs is 8. The average Bonchev–Trinajstić information content (AvgIpc) is 3.56. The fourth-order valence-corrected chi connectivity index (χ4v) is 11.6. The first kappa shape index (κ1) is 30.0. The molecule has 1 unspecified atom stereocenters. The van der Waals surface area contributed by atoms with Crippen molar-refractivity contribution in [3.63, 3.8) is 0 Å². The summed E-state index contributed by atoms with van der Waals surface area (Å²) < 4.78 is 3.93. The topological polar surface area (TPSA) is 0 Å². The highest BCUT2D eigenvalue weighted by Crippen LogP contribution is 2.60. The van der Waals surface area contributed by atoms with Crippen molar-refractivity contribution in [1.29, 1.82) is 0 Å². The van der Waals surface area contributed by atoms with Gasteiger partial charge in [-0.25, -0.2) is 0 Å². The van der Waals surface area contributed by atoms with E-state index in [4.69, 9.17) is 0 Å². The fourth-order valence-electron chi connectivity index (χ4n) is 9.49. The minimum absolute atomic E-state index is 0.0959. The Balaban J connectivity index is 1.23. The molecule has 1 heterocycles. The van der Waals surface area contributed by atoms with Crippen molar-refractivity contribution < 1.29 is 0 Å². The molecule has 0 fully saturated rings. The van der Waals surface area contributed by atoms with E-state index >= 15 is 0 Å². The van der Waals surface area contributed by atoms with Gasteiger partial charge in [0, 0.05) is 14.4 Å². The lowest BCUT2D eigenvalue weighted by Crippen LogP contribution is -2.24. The molecule has 3 aliphatic rings. The molecule has 1 heteroatoms. The van der Waals surface area contributed by atoms with Crippen molar-refractivity contribution in [2.24, 2.45) is 0 Å². The third-order valence-corrected chi connectivity index (χ3v) is 14.2. The van der Waals surface area contributed by atoms with E-state index in [2.05, 4.69) is 177 Å². The van der Waals surface area contributed by atoms with Crippen LogP contribution >= 0.6 is 20.7 Å². The van der Waals surface area contributed by atoms with E-state index < -0.39 is 0 Å². The Labute approximate surface area is 304 Å². The Morgan fingerprint density at radius 3 is 2.00 bits per heavy atom. The first-order chi connectivity index (χ1) is 24.4. The van der Waals surface area contributed by atoms with Crippen LogP contribution in [-0.4, -0.2) is 4.01 Å². The molecule has 0 N–H and O–H groups in total. The van der Waals surface area contributed by atoms with E-state index in [-0.39, 0.29) is 31.6 Å². The molecule has 0 bridgehead atoms. The molecule has 0 aromatic heterocycles. The highest BCUT2D eigenvalue weighted by Gasteiger charge is 2.46. The lowest BCUT2D eigenvalue weighted by molar-refractivity contribution is 0.658. The Bertz CT molecular complexity index is 2650. The minimum Gasteiger partial charge on any atom is -0.0849 e. The Morgan fingerprint density at radius 2 is 1.12 bits per heavy atom. The highest BCUT2D eigenvalue weighted by molar-refractivity contribution is 14.2. The third-order valence-electron chi connectivity index (χ3n) is 11.9. The van der Waals surface area contributed by atoms with Gasteiger partial charge in [-0.3, -0.25) is 0 Å². The lowest BCUT2D eigenvalue weighted by Gasteiger charge is -2.32. The largest absolute Gasteiger partial charge is 0.0849 e. The van der Waals surface area contributed by atoms with Crippen LogP contribution in [0.2, 0.25) is 0 Å². The number of allylic oxidation sites excluding steroid dienone is 1. The van der Waals surface area contributed by atoms with E-state index in [1.807, 2.05) is 0 Å². The third kappa shape index (κ3) is 4.01. The molecule has 1 atom stereocenters. The summed E-state index contributed by atoms with van der Waals surface area (Å²) in [6.45, 7) is 9.58. The van der Waals surface area contributed by atoms with Gasteiger partial charge in [-0.1, -0.05) is 162 Å². The van der Waals surface area contributed by atoms with Crippen molar-refractivity contribution in [2.45, 2.75) is 38.5 Å². The monoisotopic (exact) mass is 752 g/mol. The summed E-state index contributed by atoms with van der Waals surface area (Å²) in [5, 5.41) is 2.65. The first-order valence-corrected chi connectivity index (χ1v) is 20.0. The second kappa shape index (κ2) is 10.8. The van der Waals surface area contributed by atoms with Gasteiger partial charge in [0.25, 0.3) is 0 Å². The first-order valence-electron chi connectivity index (χ1n) is 17.6. The summed E-state index contributed by atoms with van der Waals surface area (Å²) in [6.07, 6.45) is 2.38. The van der Waals surface area contributed by atoms with E-state index in [0.717, 1.165) is 0 Å². The zero-order valence-corrected chi connectivity index (χ0v) is 31.0. The lowest BCUT2D eigenvalue weighted by atomic mass is 9.70. The molecule has 0 saturated heterocycles. The van der Waals surface area contributed by atoms with Crippen molar-refractivity contribution in [3.8, 4) is 33.4 Å². The van der Waals surface area contributed by atoms with Crippen LogP contribution < -0.4 is 0 Å². The average molecular weight is 753 g/mol. The normalized spacial score (nSPS) is 17.6. The Kier molecular flexibility index (Phi) is 6.49. The molecule has 0 nitrogen and oxygen atoms in total. The molecular formula is C49H37I. The van der Waals surface area contributed by atoms with E-state index in [9.17, 15) is 0 Å². The van der Waals surface area contributed by atoms with Gasteiger partial charge >= 0.3 is 0 Å². The summed E-state index contributed by atoms with van der Waals surface area (Å²) in [7, 11) is 0. The van der Waals surface area contributed by atoms with Crippen molar-refractivity contribution in [3.05, 3.63) is 194 Å². The van der Waals surface area contributed by atoms with E-state index in [1.54, 1.807) is 0 Å². The van der Waals surface area contributed by atoms with Crippen LogP contribution in [0.15, 0.2) is 146 Å². The number of rotatable bonds is 3. The van der Waals surface area contributed by atoms with Crippen molar-refractivity contribution in [2.75, 3.05) is 0 Å². The molecule has 240 valence electrons. The molecule has 1 aliphatic heterocycles. The van der Waals surface area contributed by atoms with Gasteiger partial charge in [0.15, 0.2) is 0 Å². The Hall–Kier alpha value is -4.86. The number of aryl methyl sites for hydroxylation is 1. The predicted molar refractivity (Wildman–Crippen MR) is 221 cm³/mol. The maximum atomic E-state index is 2.52. The molecule has 7 aromatic rings. The SMILES string of the molecule is Cc1ccc(-c2cccc3c2C(C)(C)c2cccc(C4(C)c5ccccc5-c5ccc(C6=CC=Ic7ccccc76)cc54)c2-3)c2ccccc12. The molecule has 0 amide bonds. The summed E-state index contributed by atoms with van der Waals surface area (Å²) in [6, 6.07) is 53.1. The predicted octanol–water partition coefficient (Wildman–Crippen LogP) is 12.8. The summed E-state index contributed by atoms with van der Waals surface area (Å²) in [4.78, 5) is 0. The van der Waals surface area contributed by atoms with Crippen LogP contribution in [0.3, 0.4) is 0 Å². The minimum atomic E-state index is -0.330. The zero-order valence-electron chi connectivity index (χ0n) is 28.8. The van der Waals surface area contributed by atoms with Gasteiger partial charge in [0.2, 0.25) is 0 Å². The van der Waals surface area contributed by atoms with Gasteiger partial charge < -0.3 is 0 Å². The van der Waals surface area contributed by atoms with E-state index in [1.165, 1.54) is 97.8 Å². The van der Waals surface area contributed by atoms with Crippen molar-refractivity contribution in [1.82, 2.24) is 0 Å².